The van der Waals surface area contributed by atoms with Crippen molar-refractivity contribution in [3.05, 3.63) is 42.1 Å². The molecule has 1 fully saturated rings. The van der Waals surface area contributed by atoms with Crippen LogP contribution in [0.4, 0.5) is 5.69 Å². The van der Waals surface area contributed by atoms with Crippen LogP contribution in [-0.4, -0.2) is 16.1 Å². The highest BCUT2D eigenvalue weighted by Gasteiger charge is 2.28. The molecule has 1 saturated carbocycles. The molecule has 22 heavy (non-hydrogen) atoms. The van der Waals surface area contributed by atoms with Crippen LogP contribution in [0.15, 0.2) is 36.5 Å². The fourth-order valence-corrected chi connectivity index (χ4v) is 2.83. The highest BCUT2D eigenvalue weighted by molar-refractivity contribution is 5.93. The van der Waals surface area contributed by atoms with Crippen molar-refractivity contribution in [3.63, 3.8) is 0 Å². The van der Waals surface area contributed by atoms with Gasteiger partial charge in [0.15, 0.2) is 0 Å². The van der Waals surface area contributed by atoms with Gasteiger partial charge < -0.3 is 5.32 Å². The zero-order chi connectivity index (χ0) is 15.5. The monoisotopic (exact) mass is 295 g/mol. The van der Waals surface area contributed by atoms with Crippen LogP contribution >= 0.6 is 0 Å². The Balaban J connectivity index is 1.79. The predicted molar refractivity (Wildman–Crippen MR) is 87.3 cm³/mol. The van der Waals surface area contributed by atoms with Crippen molar-refractivity contribution in [2.75, 3.05) is 5.32 Å². The first-order chi connectivity index (χ1) is 10.6. The molecule has 2 aromatic rings. The lowest BCUT2D eigenvalue weighted by molar-refractivity contribution is -0.121. The number of hydrogen-bond donors (Lipinski definition) is 1. The van der Waals surface area contributed by atoms with Gasteiger partial charge in [-0.15, -0.1) is 0 Å². The highest BCUT2D eigenvalue weighted by Crippen LogP contribution is 2.34. The Kier molecular flexibility index (Phi) is 4.18. The van der Waals surface area contributed by atoms with Gasteiger partial charge in [0.2, 0.25) is 5.91 Å². The molecule has 1 aromatic heterocycles. The van der Waals surface area contributed by atoms with Crippen molar-refractivity contribution in [1.82, 2.24) is 10.2 Å². The number of benzene rings is 1. The molecule has 1 aliphatic carbocycles. The number of aryl methyl sites for hydroxylation is 1. The smallest absolute Gasteiger partial charge is 0.227 e. The second kappa shape index (κ2) is 6.26. The maximum absolute atomic E-state index is 12.3. The lowest BCUT2D eigenvalue weighted by Crippen LogP contribution is -2.30. The van der Waals surface area contributed by atoms with Crippen molar-refractivity contribution < 1.29 is 4.79 Å². The standard InChI is InChI=1S/C18H21N3O/c1-12-8-9-15(11-16(12)17-7-4-10-19-21-17)20-18(22)13(2)14-5-3-6-14/h4,7-11,13-14H,3,5-6H2,1-2H3,(H,20,22)/t13-/m1/s1. The quantitative estimate of drug-likeness (QED) is 0.932. The fraction of sp³-hybridized carbons (Fsp3) is 0.389. The van der Waals surface area contributed by atoms with Crippen molar-refractivity contribution in [2.24, 2.45) is 11.8 Å². The van der Waals surface area contributed by atoms with Crippen LogP contribution in [-0.2, 0) is 4.79 Å². The minimum Gasteiger partial charge on any atom is -0.326 e. The molecular weight excluding hydrogens is 274 g/mol. The van der Waals surface area contributed by atoms with Gasteiger partial charge in [-0.3, -0.25) is 4.79 Å². The Hall–Kier alpha value is -2.23. The van der Waals surface area contributed by atoms with E-state index in [0.29, 0.717) is 5.92 Å². The molecule has 4 heteroatoms. The Morgan fingerprint density at radius 1 is 1.32 bits per heavy atom. The van der Waals surface area contributed by atoms with Gasteiger partial charge in [0.25, 0.3) is 0 Å². The largest absolute Gasteiger partial charge is 0.326 e. The van der Waals surface area contributed by atoms with E-state index in [2.05, 4.69) is 15.5 Å². The predicted octanol–water partition coefficient (Wildman–Crippen LogP) is 3.83. The number of carbonyl (C=O) groups is 1. The van der Waals surface area contributed by atoms with E-state index < -0.39 is 0 Å². The number of anilines is 1. The van der Waals surface area contributed by atoms with Crippen LogP contribution in [0.25, 0.3) is 11.3 Å². The number of amides is 1. The van der Waals surface area contributed by atoms with E-state index in [0.717, 1.165) is 22.5 Å². The van der Waals surface area contributed by atoms with Crippen molar-refractivity contribution in [2.45, 2.75) is 33.1 Å². The fourth-order valence-electron chi connectivity index (χ4n) is 2.83. The van der Waals surface area contributed by atoms with Gasteiger partial charge in [0.05, 0.1) is 5.69 Å². The summed E-state index contributed by atoms with van der Waals surface area (Å²) < 4.78 is 0. The second-order valence-corrected chi connectivity index (χ2v) is 6.11. The topological polar surface area (TPSA) is 54.9 Å². The average Bonchev–Trinajstić information content (AvgIpc) is 2.48. The molecule has 1 heterocycles. The zero-order valence-electron chi connectivity index (χ0n) is 13.0. The van der Waals surface area contributed by atoms with Crippen molar-refractivity contribution in [3.8, 4) is 11.3 Å². The Morgan fingerprint density at radius 2 is 2.14 bits per heavy atom. The van der Waals surface area contributed by atoms with Gasteiger partial charge in [0.1, 0.15) is 0 Å². The molecule has 0 radical (unpaired) electrons. The van der Waals surface area contributed by atoms with E-state index in [1.807, 2.05) is 44.2 Å². The summed E-state index contributed by atoms with van der Waals surface area (Å²) in [5, 5.41) is 11.1. The molecule has 1 amide bonds. The van der Waals surface area contributed by atoms with Gasteiger partial charge in [-0.05, 0) is 55.5 Å². The number of rotatable bonds is 4. The van der Waals surface area contributed by atoms with E-state index in [1.54, 1.807) is 6.20 Å². The molecule has 114 valence electrons. The van der Waals surface area contributed by atoms with Gasteiger partial charge in [-0.1, -0.05) is 19.4 Å². The normalized spacial score (nSPS) is 15.9. The van der Waals surface area contributed by atoms with E-state index in [9.17, 15) is 4.79 Å². The number of nitrogens with one attached hydrogen (secondary N) is 1. The molecule has 1 aliphatic rings. The van der Waals surface area contributed by atoms with E-state index in [1.165, 1.54) is 19.3 Å². The van der Waals surface area contributed by atoms with Crippen LogP contribution in [0, 0.1) is 18.8 Å². The van der Waals surface area contributed by atoms with E-state index >= 15 is 0 Å². The first-order valence-corrected chi connectivity index (χ1v) is 7.85. The number of carbonyl (C=O) groups excluding carboxylic acids is 1. The van der Waals surface area contributed by atoms with Gasteiger partial charge in [-0.25, -0.2) is 0 Å². The maximum Gasteiger partial charge on any atom is 0.227 e. The summed E-state index contributed by atoms with van der Waals surface area (Å²) in [4.78, 5) is 12.3. The van der Waals surface area contributed by atoms with E-state index in [-0.39, 0.29) is 11.8 Å². The molecule has 0 bridgehead atoms. The van der Waals surface area contributed by atoms with Gasteiger partial charge in [0, 0.05) is 23.4 Å². The maximum atomic E-state index is 12.3. The third-order valence-corrected chi connectivity index (χ3v) is 4.62. The van der Waals surface area contributed by atoms with Crippen molar-refractivity contribution in [1.29, 1.82) is 0 Å². The minimum atomic E-state index is 0.0787. The van der Waals surface area contributed by atoms with Crippen LogP contribution < -0.4 is 5.32 Å². The summed E-state index contributed by atoms with van der Waals surface area (Å²) in [7, 11) is 0. The molecule has 1 atom stereocenters. The summed E-state index contributed by atoms with van der Waals surface area (Å²) in [6, 6.07) is 9.72. The third-order valence-electron chi connectivity index (χ3n) is 4.62. The first-order valence-electron chi connectivity index (χ1n) is 7.85. The van der Waals surface area contributed by atoms with Gasteiger partial charge >= 0.3 is 0 Å². The molecular formula is C18H21N3O. The van der Waals surface area contributed by atoms with Gasteiger partial charge in [-0.2, -0.15) is 10.2 Å². The summed E-state index contributed by atoms with van der Waals surface area (Å²) >= 11 is 0. The van der Waals surface area contributed by atoms with Crippen LogP contribution in [0.3, 0.4) is 0 Å². The average molecular weight is 295 g/mol. The highest BCUT2D eigenvalue weighted by atomic mass is 16.1. The molecule has 1 aromatic carbocycles. The van der Waals surface area contributed by atoms with E-state index in [4.69, 9.17) is 0 Å². The third kappa shape index (κ3) is 3.01. The summed E-state index contributed by atoms with van der Waals surface area (Å²) in [6.07, 6.45) is 5.26. The van der Waals surface area contributed by atoms with Crippen LogP contribution in [0.5, 0.6) is 0 Å². The first kappa shape index (κ1) is 14.7. The summed E-state index contributed by atoms with van der Waals surface area (Å²) in [5.74, 6) is 0.735. The lowest BCUT2D eigenvalue weighted by Gasteiger charge is -2.30. The second-order valence-electron chi connectivity index (χ2n) is 6.11. The Bertz CT molecular complexity index is 665. The molecule has 1 N–H and O–H groups in total. The van der Waals surface area contributed by atoms with Crippen LogP contribution in [0.1, 0.15) is 31.7 Å². The van der Waals surface area contributed by atoms with Crippen molar-refractivity contribution >= 4 is 11.6 Å². The Morgan fingerprint density at radius 3 is 2.77 bits per heavy atom. The Labute approximate surface area is 131 Å². The zero-order valence-corrected chi connectivity index (χ0v) is 13.0. The number of aromatic nitrogens is 2. The number of nitrogens with zero attached hydrogens (tertiary/aromatic N) is 2. The number of hydrogen-bond acceptors (Lipinski definition) is 3. The molecule has 0 unspecified atom stereocenters. The van der Waals surface area contributed by atoms with Crippen LogP contribution in [0.2, 0.25) is 0 Å². The molecule has 0 aliphatic heterocycles. The summed E-state index contributed by atoms with van der Waals surface area (Å²) in [5.41, 5.74) is 3.76. The molecule has 0 spiro atoms. The minimum absolute atomic E-state index is 0.0787. The molecule has 0 saturated heterocycles. The molecule has 4 nitrogen and oxygen atoms in total. The lowest BCUT2D eigenvalue weighted by atomic mass is 9.76. The SMILES string of the molecule is Cc1ccc(NC(=O)[C@H](C)C2CCC2)cc1-c1cccnn1. The summed E-state index contributed by atoms with van der Waals surface area (Å²) in [6.45, 7) is 4.06. The molecule has 3 rings (SSSR count).